The summed E-state index contributed by atoms with van der Waals surface area (Å²) in [7, 11) is 0. The average Bonchev–Trinajstić information content (AvgIpc) is 2.60. The van der Waals surface area contributed by atoms with Gasteiger partial charge < -0.3 is 5.11 Å². The Balaban J connectivity index is 1.84. The minimum Gasteiger partial charge on any atom is -0.388 e. The highest BCUT2D eigenvalue weighted by atomic mass is 79.9. The van der Waals surface area contributed by atoms with Gasteiger partial charge in [0.15, 0.2) is 0 Å². The molecule has 0 aliphatic heterocycles. The topological polar surface area (TPSA) is 20.2 Å². The molecule has 20 heavy (non-hydrogen) atoms. The number of fused-ring (bicyclic) bond motifs is 1. The summed E-state index contributed by atoms with van der Waals surface area (Å²) in [5.41, 5.74) is 3.74. The van der Waals surface area contributed by atoms with Crippen LogP contribution in [-0.2, 0) is 12.8 Å². The van der Waals surface area contributed by atoms with E-state index < -0.39 is 0 Å². The SMILES string of the molecule is OC1c2ccccc2CCCC1Cc1cccc(Br)c1. The lowest BCUT2D eigenvalue weighted by molar-refractivity contribution is 0.105. The molecule has 3 rings (SSSR count). The molecular weight excluding hydrogens is 312 g/mol. The number of halogens is 1. The van der Waals surface area contributed by atoms with E-state index in [4.69, 9.17) is 0 Å². The molecule has 2 aromatic carbocycles. The monoisotopic (exact) mass is 330 g/mol. The van der Waals surface area contributed by atoms with Gasteiger partial charge in [0.1, 0.15) is 0 Å². The first-order chi connectivity index (χ1) is 9.74. The maximum atomic E-state index is 10.7. The number of aryl methyl sites for hydroxylation is 1. The molecule has 0 heterocycles. The van der Waals surface area contributed by atoms with E-state index >= 15 is 0 Å². The smallest absolute Gasteiger partial charge is 0.0824 e. The number of benzene rings is 2. The third kappa shape index (κ3) is 2.97. The second kappa shape index (κ2) is 6.11. The van der Waals surface area contributed by atoms with Crippen LogP contribution in [0.1, 0.15) is 35.6 Å². The van der Waals surface area contributed by atoms with Crippen molar-refractivity contribution in [3.8, 4) is 0 Å². The van der Waals surface area contributed by atoms with Crippen molar-refractivity contribution < 1.29 is 5.11 Å². The molecular formula is C18H19BrO. The third-order valence-corrected chi connectivity index (χ3v) is 4.72. The zero-order valence-electron chi connectivity index (χ0n) is 11.4. The molecule has 104 valence electrons. The van der Waals surface area contributed by atoms with E-state index in [9.17, 15) is 5.11 Å². The molecule has 0 amide bonds. The van der Waals surface area contributed by atoms with E-state index in [1.165, 1.54) is 11.1 Å². The van der Waals surface area contributed by atoms with Crippen LogP contribution in [0.5, 0.6) is 0 Å². The van der Waals surface area contributed by atoms with E-state index in [2.05, 4.69) is 52.3 Å². The highest BCUT2D eigenvalue weighted by Crippen LogP contribution is 2.35. The Kier molecular flexibility index (Phi) is 4.23. The van der Waals surface area contributed by atoms with E-state index in [-0.39, 0.29) is 6.10 Å². The van der Waals surface area contributed by atoms with Crippen LogP contribution in [0, 0.1) is 5.92 Å². The van der Waals surface area contributed by atoms with Gasteiger partial charge in [-0.05, 0) is 60.4 Å². The van der Waals surface area contributed by atoms with E-state index in [1.54, 1.807) is 0 Å². The predicted molar refractivity (Wildman–Crippen MR) is 85.7 cm³/mol. The van der Waals surface area contributed by atoms with Crippen LogP contribution in [0.2, 0.25) is 0 Å². The summed E-state index contributed by atoms with van der Waals surface area (Å²) in [6.45, 7) is 0. The summed E-state index contributed by atoms with van der Waals surface area (Å²) in [4.78, 5) is 0. The third-order valence-electron chi connectivity index (χ3n) is 4.23. The van der Waals surface area contributed by atoms with Crippen LogP contribution in [0.3, 0.4) is 0 Å². The van der Waals surface area contributed by atoms with Crippen LogP contribution >= 0.6 is 15.9 Å². The minimum atomic E-state index is -0.340. The van der Waals surface area contributed by atoms with Gasteiger partial charge in [-0.15, -0.1) is 0 Å². The Bertz CT molecular complexity index is 593. The highest BCUT2D eigenvalue weighted by Gasteiger charge is 2.25. The summed E-state index contributed by atoms with van der Waals surface area (Å²) in [5, 5.41) is 10.7. The van der Waals surface area contributed by atoms with E-state index in [0.717, 1.165) is 35.7 Å². The Morgan fingerprint density at radius 3 is 2.80 bits per heavy atom. The quantitative estimate of drug-likeness (QED) is 0.793. The fourth-order valence-corrected chi connectivity index (χ4v) is 3.64. The standard InChI is InChI=1S/C18H19BrO/c19-16-9-3-5-13(12-16)11-15-8-4-7-14-6-1-2-10-17(14)18(15)20/h1-3,5-6,9-10,12,15,18,20H,4,7-8,11H2. The van der Waals surface area contributed by atoms with E-state index in [0.29, 0.717) is 5.92 Å². The zero-order chi connectivity index (χ0) is 13.9. The van der Waals surface area contributed by atoms with Crippen molar-refractivity contribution in [2.24, 2.45) is 5.92 Å². The second-order valence-electron chi connectivity index (χ2n) is 5.63. The van der Waals surface area contributed by atoms with Crippen LogP contribution in [0.15, 0.2) is 53.0 Å². The molecule has 0 spiro atoms. The Morgan fingerprint density at radius 2 is 1.95 bits per heavy atom. The van der Waals surface area contributed by atoms with Gasteiger partial charge >= 0.3 is 0 Å². The first-order valence-corrected chi connectivity index (χ1v) is 8.03. The fourth-order valence-electron chi connectivity index (χ4n) is 3.20. The number of rotatable bonds is 2. The summed E-state index contributed by atoms with van der Waals surface area (Å²) < 4.78 is 1.11. The predicted octanol–water partition coefficient (Wildman–Crippen LogP) is 4.68. The van der Waals surface area contributed by atoms with Gasteiger partial charge in [0.2, 0.25) is 0 Å². The molecule has 0 saturated heterocycles. The first-order valence-electron chi connectivity index (χ1n) is 7.24. The van der Waals surface area contributed by atoms with Crippen molar-refractivity contribution in [1.29, 1.82) is 0 Å². The van der Waals surface area contributed by atoms with Gasteiger partial charge in [-0.1, -0.05) is 52.3 Å². The van der Waals surface area contributed by atoms with Crippen LogP contribution < -0.4 is 0 Å². The van der Waals surface area contributed by atoms with Crippen molar-refractivity contribution in [2.45, 2.75) is 31.8 Å². The van der Waals surface area contributed by atoms with Crippen molar-refractivity contribution >= 4 is 15.9 Å². The zero-order valence-corrected chi connectivity index (χ0v) is 13.0. The largest absolute Gasteiger partial charge is 0.388 e. The van der Waals surface area contributed by atoms with Gasteiger partial charge in [-0.25, -0.2) is 0 Å². The molecule has 0 radical (unpaired) electrons. The van der Waals surface area contributed by atoms with Crippen molar-refractivity contribution in [3.63, 3.8) is 0 Å². The highest BCUT2D eigenvalue weighted by molar-refractivity contribution is 9.10. The molecule has 2 atom stereocenters. The second-order valence-corrected chi connectivity index (χ2v) is 6.55. The van der Waals surface area contributed by atoms with Gasteiger partial charge in [-0.2, -0.15) is 0 Å². The lowest BCUT2D eigenvalue weighted by Crippen LogP contribution is -2.14. The fraction of sp³-hybridized carbons (Fsp3) is 0.333. The minimum absolute atomic E-state index is 0.313. The molecule has 2 heteroatoms. The summed E-state index contributed by atoms with van der Waals surface area (Å²) in [5.74, 6) is 0.313. The molecule has 0 bridgehead atoms. The van der Waals surface area contributed by atoms with Crippen molar-refractivity contribution in [3.05, 3.63) is 69.7 Å². The lowest BCUT2D eigenvalue weighted by atomic mass is 9.88. The maximum absolute atomic E-state index is 10.7. The van der Waals surface area contributed by atoms with Gasteiger partial charge in [-0.3, -0.25) is 0 Å². The van der Waals surface area contributed by atoms with Gasteiger partial charge in [0.25, 0.3) is 0 Å². The molecule has 2 unspecified atom stereocenters. The van der Waals surface area contributed by atoms with Gasteiger partial charge in [0, 0.05) is 4.47 Å². The van der Waals surface area contributed by atoms with Crippen LogP contribution in [0.25, 0.3) is 0 Å². The molecule has 0 saturated carbocycles. The van der Waals surface area contributed by atoms with Crippen LogP contribution in [-0.4, -0.2) is 5.11 Å². The number of hydrogen-bond acceptors (Lipinski definition) is 1. The Labute approximate surface area is 128 Å². The average molecular weight is 331 g/mol. The Hall–Kier alpha value is -1.12. The molecule has 1 aliphatic carbocycles. The molecule has 1 aliphatic rings. The summed E-state index contributed by atoms with van der Waals surface area (Å²) in [6, 6.07) is 16.7. The number of hydrogen-bond donors (Lipinski definition) is 1. The number of aliphatic hydroxyl groups excluding tert-OH is 1. The molecule has 0 fully saturated rings. The normalized spacial score (nSPS) is 22.1. The van der Waals surface area contributed by atoms with Crippen molar-refractivity contribution in [1.82, 2.24) is 0 Å². The maximum Gasteiger partial charge on any atom is 0.0824 e. The number of aliphatic hydroxyl groups is 1. The summed E-state index contributed by atoms with van der Waals surface area (Å²) >= 11 is 3.52. The molecule has 1 nitrogen and oxygen atoms in total. The van der Waals surface area contributed by atoms with Gasteiger partial charge in [0.05, 0.1) is 6.10 Å². The Morgan fingerprint density at radius 1 is 1.10 bits per heavy atom. The first kappa shape index (κ1) is 13.8. The van der Waals surface area contributed by atoms with Crippen LogP contribution in [0.4, 0.5) is 0 Å². The summed E-state index contributed by atoms with van der Waals surface area (Å²) in [6.07, 6.45) is 3.93. The van der Waals surface area contributed by atoms with Crippen molar-refractivity contribution in [2.75, 3.05) is 0 Å². The van der Waals surface area contributed by atoms with E-state index in [1.807, 2.05) is 12.1 Å². The molecule has 2 aromatic rings. The molecule has 1 N–H and O–H groups in total. The lowest BCUT2D eigenvalue weighted by Gasteiger charge is -2.22. The molecule has 0 aromatic heterocycles.